The number of hydrogen-bond donors (Lipinski definition) is 1. The molecule has 0 amide bonds. The number of methoxy groups -OCH3 is 1. The fourth-order valence-electron chi connectivity index (χ4n) is 2.42. The summed E-state index contributed by atoms with van der Waals surface area (Å²) in [5.74, 6) is 0.627. The van der Waals surface area contributed by atoms with E-state index in [-0.39, 0.29) is 6.04 Å². The zero-order chi connectivity index (χ0) is 14.3. The smallest absolute Gasteiger partial charge is 0.0589 e. The van der Waals surface area contributed by atoms with Gasteiger partial charge < -0.3 is 10.5 Å². The minimum atomic E-state index is 0.171. The van der Waals surface area contributed by atoms with Gasteiger partial charge in [0, 0.05) is 26.2 Å². The molecule has 0 aliphatic rings. The Labute approximate surface area is 121 Å². The molecule has 1 heterocycles. The molecule has 0 fully saturated rings. The summed E-state index contributed by atoms with van der Waals surface area (Å²) < 4.78 is 5.25. The minimum absolute atomic E-state index is 0.171. The average Bonchev–Trinajstić information content (AvgIpc) is 2.88. The molecule has 4 heteroatoms. The highest BCUT2D eigenvalue weighted by Gasteiger charge is 2.26. The minimum Gasteiger partial charge on any atom is -0.383 e. The van der Waals surface area contributed by atoms with E-state index in [9.17, 15) is 0 Å². The zero-order valence-electron chi connectivity index (χ0n) is 12.6. The Bertz CT molecular complexity index is 327. The van der Waals surface area contributed by atoms with Gasteiger partial charge in [-0.15, -0.1) is 0 Å². The van der Waals surface area contributed by atoms with E-state index in [4.69, 9.17) is 10.5 Å². The number of thiophene rings is 1. The van der Waals surface area contributed by atoms with Crippen LogP contribution in [-0.2, 0) is 4.74 Å². The monoisotopic (exact) mass is 284 g/mol. The molecule has 19 heavy (non-hydrogen) atoms. The van der Waals surface area contributed by atoms with Crippen molar-refractivity contribution in [3.8, 4) is 0 Å². The zero-order valence-corrected chi connectivity index (χ0v) is 13.5. The molecule has 0 aromatic carbocycles. The Balaban J connectivity index is 2.89. The van der Waals surface area contributed by atoms with Crippen molar-refractivity contribution in [3.05, 3.63) is 22.4 Å². The largest absolute Gasteiger partial charge is 0.383 e. The topological polar surface area (TPSA) is 38.5 Å². The molecule has 0 aliphatic carbocycles. The first kappa shape index (κ1) is 16.6. The molecule has 2 atom stereocenters. The van der Waals surface area contributed by atoms with Crippen molar-refractivity contribution < 1.29 is 4.74 Å². The van der Waals surface area contributed by atoms with E-state index in [1.54, 1.807) is 18.4 Å². The van der Waals surface area contributed by atoms with Crippen molar-refractivity contribution in [2.45, 2.75) is 39.3 Å². The van der Waals surface area contributed by atoms with Crippen molar-refractivity contribution in [3.63, 3.8) is 0 Å². The lowest BCUT2D eigenvalue weighted by Crippen LogP contribution is -2.43. The van der Waals surface area contributed by atoms with Crippen LogP contribution in [0.1, 0.15) is 38.8 Å². The van der Waals surface area contributed by atoms with Crippen molar-refractivity contribution in [2.75, 3.05) is 26.8 Å². The van der Waals surface area contributed by atoms with Gasteiger partial charge in [-0.05, 0) is 34.7 Å². The standard InChI is InChI=1S/C15H28N2OS/c1-5-14(16)15(13-6-9-19-11-13)17(7-8-18-4)10-12(2)3/h6,9,11-12,14-15H,5,7-8,10,16H2,1-4H3. The summed E-state index contributed by atoms with van der Waals surface area (Å²) in [7, 11) is 1.76. The quantitative estimate of drug-likeness (QED) is 0.757. The number of rotatable bonds is 9. The Morgan fingerprint density at radius 2 is 2.16 bits per heavy atom. The lowest BCUT2D eigenvalue weighted by Gasteiger charge is -2.36. The van der Waals surface area contributed by atoms with Crippen LogP contribution in [0, 0.1) is 5.92 Å². The molecule has 110 valence electrons. The highest BCUT2D eigenvalue weighted by molar-refractivity contribution is 7.07. The van der Waals surface area contributed by atoms with Crippen molar-refractivity contribution >= 4 is 11.3 Å². The van der Waals surface area contributed by atoms with Crippen molar-refractivity contribution in [1.82, 2.24) is 4.90 Å². The third-order valence-corrected chi connectivity index (χ3v) is 4.04. The van der Waals surface area contributed by atoms with Gasteiger partial charge in [-0.25, -0.2) is 0 Å². The number of hydrogen-bond acceptors (Lipinski definition) is 4. The van der Waals surface area contributed by atoms with Gasteiger partial charge >= 0.3 is 0 Å². The van der Waals surface area contributed by atoms with Crippen LogP contribution in [0.5, 0.6) is 0 Å². The molecule has 0 bridgehead atoms. The van der Waals surface area contributed by atoms with Gasteiger partial charge in [0.05, 0.1) is 12.6 Å². The Morgan fingerprint density at radius 3 is 2.63 bits per heavy atom. The Morgan fingerprint density at radius 1 is 1.42 bits per heavy atom. The fourth-order valence-corrected chi connectivity index (χ4v) is 3.11. The summed E-state index contributed by atoms with van der Waals surface area (Å²) in [6.07, 6.45) is 0.988. The molecule has 0 spiro atoms. The summed E-state index contributed by atoms with van der Waals surface area (Å²) in [5.41, 5.74) is 7.72. The first-order valence-electron chi connectivity index (χ1n) is 7.10. The summed E-state index contributed by atoms with van der Waals surface area (Å²) in [6.45, 7) is 9.40. The lowest BCUT2D eigenvalue weighted by atomic mass is 9.97. The molecule has 1 aromatic rings. The molecule has 1 rings (SSSR count). The third-order valence-electron chi connectivity index (χ3n) is 3.34. The first-order chi connectivity index (χ1) is 9.10. The van der Waals surface area contributed by atoms with E-state index >= 15 is 0 Å². The van der Waals surface area contributed by atoms with Gasteiger partial charge in [0.15, 0.2) is 0 Å². The van der Waals surface area contributed by atoms with Crippen molar-refractivity contribution in [1.29, 1.82) is 0 Å². The van der Waals surface area contributed by atoms with Gasteiger partial charge in [0.1, 0.15) is 0 Å². The predicted molar refractivity (Wildman–Crippen MR) is 83.6 cm³/mol. The van der Waals surface area contributed by atoms with Gasteiger partial charge in [0.2, 0.25) is 0 Å². The molecular weight excluding hydrogens is 256 g/mol. The molecule has 2 N–H and O–H groups in total. The first-order valence-corrected chi connectivity index (χ1v) is 8.05. The SMILES string of the molecule is CCC(N)C(c1ccsc1)N(CCOC)CC(C)C. The molecule has 0 aliphatic heterocycles. The molecule has 0 radical (unpaired) electrons. The normalized spacial score (nSPS) is 15.1. The molecule has 1 aromatic heterocycles. The van der Waals surface area contributed by atoms with Crippen molar-refractivity contribution in [2.24, 2.45) is 11.7 Å². The molecule has 2 unspecified atom stereocenters. The summed E-state index contributed by atoms with van der Waals surface area (Å²) in [4.78, 5) is 2.48. The van der Waals surface area contributed by atoms with Crippen LogP contribution >= 0.6 is 11.3 Å². The van der Waals surface area contributed by atoms with E-state index in [0.717, 1.165) is 26.1 Å². The maximum Gasteiger partial charge on any atom is 0.0589 e. The molecule has 0 saturated carbocycles. The summed E-state index contributed by atoms with van der Waals surface area (Å²) in [5, 5.41) is 4.36. The van der Waals surface area contributed by atoms with E-state index in [1.165, 1.54) is 5.56 Å². The van der Waals surface area contributed by atoms with Crippen LogP contribution in [0.3, 0.4) is 0 Å². The highest BCUT2D eigenvalue weighted by Crippen LogP contribution is 2.27. The Hall–Kier alpha value is -0.420. The van der Waals surface area contributed by atoms with Crippen LogP contribution in [-0.4, -0.2) is 37.7 Å². The molecular formula is C15H28N2OS. The lowest BCUT2D eigenvalue weighted by molar-refractivity contribution is 0.0977. The van der Waals surface area contributed by atoms with Crippen LogP contribution in [0.2, 0.25) is 0 Å². The third kappa shape index (κ3) is 5.22. The summed E-state index contributed by atoms with van der Waals surface area (Å²) in [6, 6.07) is 2.67. The van der Waals surface area contributed by atoms with Crippen LogP contribution in [0.15, 0.2) is 16.8 Å². The van der Waals surface area contributed by atoms with Gasteiger partial charge in [0.25, 0.3) is 0 Å². The molecule has 3 nitrogen and oxygen atoms in total. The van der Waals surface area contributed by atoms with Crippen LogP contribution < -0.4 is 5.73 Å². The highest BCUT2D eigenvalue weighted by atomic mass is 32.1. The second-order valence-electron chi connectivity index (χ2n) is 5.46. The second kappa shape index (κ2) is 8.69. The van der Waals surface area contributed by atoms with E-state index < -0.39 is 0 Å². The molecule has 0 saturated heterocycles. The predicted octanol–water partition coefficient (Wildman–Crippen LogP) is 3.13. The number of nitrogens with two attached hydrogens (primary N) is 1. The number of nitrogens with zero attached hydrogens (tertiary/aromatic N) is 1. The van der Waals surface area contributed by atoms with E-state index in [1.807, 2.05) is 0 Å². The van der Waals surface area contributed by atoms with Crippen LogP contribution in [0.4, 0.5) is 0 Å². The van der Waals surface area contributed by atoms with Gasteiger partial charge in [-0.3, -0.25) is 4.90 Å². The second-order valence-corrected chi connectivity index (χ2v) is 6.24. The number of ether oxygens (including phenoxy) is 1. The maximum atomic E-state index is 6.38. The average molecular weight is 284 g/mol. The van der Waals surface area contributed by atoms with E-state index in [0.29, 0.717) is 12.0 Å². The Kier molecular flexibility index (Phi) is 7.61. The maximum absolute atomic E-state index is 6.38. The van der Waals surface area contributed by atoms with Gasteiger partial charge in [-0.2, -0.15) is 11.3 Å². The van der Waals surface area contributed by atoms with E-state index in [2.05, 4.69) is 42.5 Å². The van der Waals surface area contributed by atoms with Gasteiger partial charge in [-0.1, -0.05) is 20.8 Å². The summed E-state index contributed by atoms with van der Waals surface area (Å²) >= 11 is 1.74. The fraction of sp³-hybridized carbons (Fsp3) is 0.733. The van der Waals surface area contributed by atoms with Crippen LogP contribution in [0.25, 0.3) is 0 Å².